The van der Waals surface area contributed by atoms with Gasteiger partial charge in [0.1, 0.15) is 5.82 Å². The first kappa shape index (κ1) is 13.8. The minimum absolute atomic E-state index is 0.228. The van der Waals surface area contributed by atoms with Crippen LogP contribution in [0.2, 0.25) is 0 Å². The van der Waals surface area contributed by atoms with Crippen LogP contribution in [0.3, 0.4) is 0 Å². The highest BCUT2D eigenvalue weighted by molar-refractivity contribution is 5.28. The van der Waals surface area contributed by atoms with Crippen molar-refractivity contribution >= 4 is 0 Å². The smallest absolute Gasteiger partial charge is 0.127 e. The predicted molar refractivity (Wildman–Crippen MR) is 77.6 cm³/mol. The van der Waals surface area contributed by atoms with E-state index in [4.69, 9.17) is 5.73 Å². The molecule has 1 unspecified atom stereocenters. The summed E-state index contributed by atoms with van der Waals surface area (Å²) in [6.45, 7) is 4.33. The highest BCUT2D eigenvalue weighted by Crippen LogP contribution is 2.20. The number of halogens is 1. The highest BCUT2D eigenvalue weighted by Gasteiger charge is 2.11. The second-order valence-electron chi connectivity index (χ2n) is 5.23. The molecule has 2 aromatic carbocycles. The van der Waals surface area contributed by atoms with Crippen LogP contribution >= 0.6 is 0 Å². The van der Waals surface area contributed by atoms with Gasteiger partial charge in [-0.3, -0.25) is 0 Å². The Hall–Kier alpha value is -1.67. The van der Waals surface area contributed by atoms with Crippen molar-refractivity contribution in [1.29, 1.82) is 0 Å². The lowest BCUT2D eigenvalue weighted by Gasteiger charge is -2.14. The van der Waals surface area contributed by atoms with Crippen molar-refractivity contribution in [3.63, 3.8) is 0 Å². The van der Waals surface area contributed by atoms with Gasteiger partial charge in [0.25, 0.3) is 0 Å². The summed E-state index contributed by atoms with van der Waals surface area (Å²) in [5, 5.41) is 0. The van der Waals surface area contributed by atoms with Gasteiger partial charge in [0.05, 0.1) is 0 Å². The summed E-state index contributed by atoms with van der Waals surface area (Å²) in [6.07, 6.45) is 0.652. The van der Waals surface area contributed by atoms with Crippen LogP contribution in [0.5, 0.6) is 0 Å². The standard InChI is InChI=1S/C17H20FN/c1-12(2)14-9-7-13(8-10-14)11-17(19)15-5-3-4-6-16(15)18/h3-10,12,17H,11,19H2,1-2H3. The molecule has 1 atom stereocenters. The summed E-state index contributed by atoms with van der Waals surface area (Å²) in [5.41, 5.74) is 9.11. The fourth-order valence-corrected chi connectivity index (χ4v) is 2.18. The second kappa shape index (κ2) is 5.98. The molecule has 0 spiro atoms. The summed E-state index contributed by atoms with van der Waals surface area (Å²) in [4.78, 5) is 0. The molecule has 19 heavy (non-hydrogen) atoms. The molecule has 0 aromatic heterocycles. The number of hydrogen-bond donors (Lipinski definition) is 1. The summed E-state index contributed by atoms with van der Waals surface area (Å²) in [7, 11) is 0. The molecule has 0 bridgehead atoms. The number of benzene rings is 2. The van der Waals surface area contributed by atoms with Crippen molar-refractivity contribution in [2.24, 2.45) is 5.73 Å². The molecule has 0 aliphatic rings. The van der Waals surface area contributed by atoms with E-state index in [2.05, 4.69) is 38.1 Å². The summed E-state index contributed by atoms with van der Waals surface area (Å²) in [5.74, 6) is 0.295. The molecule has 0 saturated carbocycles. The Morgan fingerprint density at radius 2 is 1.63 bits per heavy atom. The van der Waals surface area contributed by atoms with E-state index in [0.29, 0.717) is 17.9 Å². The molecule has 2 N–H and O–H groups in total. The van der Waals surface area contributed by atoms with E-state index in [0.717, 1.165) is 5.56 Å². The van der Waals surface area contributed by atoms with Crippen LogP contribution in [0, 0.1) is 5.82 Å². The van der Waals surface area contributed by atoms with Crippen LogP contribution in [0.25, 0.3) is 0 Å². The van der Waals surface area contributed by atoms with Gasteiger partial charge < -0.3 is 5.73 Å². The normalized spacial score (nSPS) is 12.7. The van der Waals surface area contributed by atoms with E-state index in [1.807, 2.05) is 6.07 Å². The largest absolute Gasteiger partial charge is 0.324 e. The Labute approximate surface area is 114 Å². The van der Waals surface area contributed by atoms with Crippen molar-refractivity contribution in [3.05, 3.63) is 71.0 Å². The van der Waals surface area contributed by atoms with E-state index in [1.165, 1.54) is 11.6 Å². The number of rotatable bonds is 4. The van der Waals surface area contributed by atoms with Crippen molar-refractivity contribution < 1.29 is 4.39 Å². The molecular formula is C17H20FN. The summed E-state index contributed by atoms with van der Waals surface area (Å²) in [6, 6.07) is 14.8. The zero-order valence-corrected chi connectivity index (χ0v) is 11.4. The van der Waals surface area contributed by atoms with Crippen molar-refractivity contribution in [2.75, 3.05) is 0 Å². The van der Waals surface area contributed by atoms with Crippen LogP contribution in [0.15, 0.2) is 48.5 Å². The van der Waals surface area contributed by atoms with Gasteiger partial charge in [0, 0.05) is 11.6 Å². The van der Waals surface area contributed by atoms with Crippen LogP contribution in [-0.2, 0) is 6.42 Å². The third-order valence-corrected chi connectivity index (χ3v) is 3.41. The average molecular weight is 257 g/mol. The van der Waals surface area contributed by atoms with Crippen LogP contribution in [0.1, 0.15) is 42.5 Å². The lowest BCUT2D eigenvalue weighted by molar-refractivity contribution is 0.580. The van der Waals surface area contributed by atoms with E-state index < -0.39 is 0 Å². The maximum absolute atomic E-state index is 13.6. The Bertz CT molecular complexity index is 531. The molecule has 0 radical (unpaired) electrons. The first-order chi connectivity index (χ1) is 9.08. The molecule has 0 saturated heterocycles. The molecule has 2 rings (SSSR count). The van der Waals surface area contributed by atoms with E-state index in [9.17, 15) is 4.39 Å². The third-order valence-electron chi connectivity index (χ3n) is 3.41. The molecule has 0 aliphatic carbocycles. The maximum atomic E-state index is 13.6. The van der Waals surface area contributed by atoms with Gasteiger partial charge in [0.2, 0.25) is 0 Å². The quantitative estimate of drug-likeness (QED) is 0.873. The molecule has 0 fully saturated rings. The van der Waals surface area contributed by atoms with E-state index >= 15 is 0 Å². The molecule has 2 aromatic rings. The lowest BCUT2D eigenvalue weighted by Crippen LogP contribution is -2.14. The second-order valence-corrected chi connectivity index (χ2v) is 5.23. The summed E-state index contributed by atoms with van der Waals surface area (Å²) >= 11 is 0. The van der Waals surface area contributed by atoms with Gasteiger partial charge >= 0.3 is 0 Å². The lowest BCUT2D eigenvalue weighted by atomic mass is 9.96. The van der Waals surface area contributed by atoms with Gasteiger partial charge in [-0.2, -0.15) is 0 Å². The Kier molecular flexibility index (Phi) is 4.33. The topological polar surface area (TPSA) is 26.0 Å². The highest BCUT2D eigenvalue weighted by atomic mass is 19.1. The number of hydrogen-bond acceptors (Lipinski definition) is 1. The fraction of sp³-hybridized carbons (Fsp3) is 0.294. The zero-order valence-electron chi connectivity index (χ0n) is 11.4. The minimum atomic E-state index is -0.300. The molecule has 100 valence electrons. The van der Waals surface area contributed by atoms with Gasteiger partial charge in [-0.25, -0.2) is 4.39 Å². The average Bonchev–Trinajstić information content (AvgIpc) is 2.39. The molecular weight excluding hydrogens is 237 g/mol. The minimum Gasteiger partial charge on any atom is -0.324 e. The Morgan fingerprint density at radius 1 is 1.00 bits per heavy atom. The van der Waals surface area contributed by atoms with Crippen molar-refractivity contribution in [3.8, 4) is 0 Å². The Morgan fingerprint density at radius 3 is 2.21 bits per heavy atom. The summed E-state index contributed by atoms with van der Waals surface area (Å²) < 4.78 is 13.6. The van der Waals surface area contributed by atoms with Crippen LogP contribution < -0.4 is 5.73 Å². The van der Waals surface area contributed by atoms with Gasteiger partial charge in [0.15, 0.2) is 0 Å². The molecule has 0 amide bonds. The molecule has 0 heterocycles. The Balaban J connectivity index is 2.11. The first-order valence-corrected chi connectivity index (χ1v) is 6.66. The monoisotopic (exact) mass is 257 g/mol. The van der Waals surface area contributed by atoms with Crippen LogP contribution in [0.4, 0.5) is 4.39 Å². The van der Waals surface area contributed by atoms with E-state index in [-0.39, 0.29) is 11.9 Å². The van der Waals surface area contributed by atoms with Gasteiger partial charge in [-0.05, 0) is 29.5 Å². The maximum Gasteiger partial charge on any atom is 0.127 e. The van der Waals surface area contributed by atoms with Gasteiger partial charge in [-0.1, -0.05) is 56.3 Å². The van der Waals surface area contributed by atoms with E-state index in [1.54, 1.807) is 12.1 Å². The molecule has 1 nitrogen and oxygen atoms in total. The first-order valence-electron chi connectivity index (χ1n) is 6.66. The van der Waals surface area contributed by atoms with Crippen molar-refractivity contribution in [1.82, 2.24) is 0 Å². The zero-order chi connectivity index (χ0) is 13.8. The molecule has 2 heteroatoms. The predicted octanol–water partition coefficient (Wildman–Crippen LogP) is 4.19. The fourth-order valence-electron chi connectivity index (χ4n) is 2.18. The third kappa shape index (κ3) is 3.42. The SMILES string of the molecule is CC(C)c1ccc(CC(N)c2ccccc2F)cc1. The van der Waals surface area contributed by atoms with Crippen molar-refractivity contribution in [2.45, 2.75) is 32.2 Å². The molecule has 0 aliphatic heterocycles. The van der Waals surface area contributed by atoms with Gasteiger partial charge in [-0.15, -0.1) is 0 Å². The number of nitrogens with two attached hydrogens (primary N) is 1. The van der Waals surface area contributed by atoms with Crippen LogP contribution in [-0.4, -0.2) is 0 Å².